The van der Waals surface area contributed by atoms with E-state index in [2.05, 4.69) is 33.2 Å². The molecule has 1 aromatic carbocycles. The Bertz CT molecular complexity index is 748. The molecule has 1 heterocycles. The fraction of sp³-hybridized carbons (Fsp3) is 0.480. The molecule has 0 bridgehead atoms. The number of hydrogen-bond donors (Lipinski definition) is 0. The third-order valence-electron chi connectivity index (χ3n) is 3.95. The lowest BCUT2D eigenvalue weighted by Gasteiger charge is -1.98. The number of hydrogen-bond acceptors (Lipinski definition) is 7. The van der Waals surface area contributed by atoms with E-state index in [0.29, 0.717) is 25.0 Å². The average molecular weight is 447 g/mol. The number of esters is 1. The van der Waals surface area contributed by atoms with Gasteiger partial charge in [-0.2, -0.15) is 0 Å². The summed E-state index contributed by atoms with van der Waals surface area (Å²) in [5, 5.41) is 7.87. The standard InChI is InChI=1S/C12H12N2O.C7H16O.C6H10O3/c1-3-4-11-13-14-12(15-11)10-7-5-9(2)6-8-10;1-3-4-5-6-7-8-2;1-3-6(7)9-5-4-8-2/h3-8H,1-2H3;3-7H2,1-2H3;3H,1,4-5H2,2H3/b4-3+;;. The zero-order chi connectivity index (χ0) is 24.0. The summed E-state index contributed by atoms with van der Waals surface area (Å²) in [6, 6.07) is 7.99. The van der Waals surface area contributed by atoms with Crippen molar-refractivity contribution < 1.29 is 23.4 Å². The first-order chi connectivity index (χ1) is 15.5. The number of benzene rings is 1. The third-order valence-corrected chi connectivity index (χ3v) is 3.95. The van der Waals surface area contributed by atoms with Crippen LogP contribution in [-0.2, 0) is 19.0 Å². The van der Waals surface area contributed by atoms with Crippen molar-refractivity contribution in [3.8, 4) is 11.5 Å². The third kappa shape index (κ3) is 15.1. The summed E-state index contributed by atoms with van der Waals surface area (Å²) in [7, 11) is 3.30. The number of ether oxygens (including phenoxy) is 3. The molecule has 7 nitrogen and oxygen atoms in total. The van der Waals surface area contributed by atoms with Crippen LogP contribution in [0.3, 0.4) is 0 Å². The van der Waals surface area contributed by atoms with E-state index in [4.69, 9.17) is 9.15 Å². The Labute approximate surface area is 192 Å². The summed E-state index contributed by atoms with van der Waals surface area (Å²) in [6.45, 7) is 11.0. The van der Waals surface area contributed by atoms with Gasteiger partial charge in [-0.05, 0) is 38.5 Å². The van der Waals surface area contributed by atoms with Crippen molar-refractivity contribution in [2.75, 3.05) is 34.0 Å². The normalized spacial score (nSPS) is 10.0. The summed E-state index contributed by atoms with van der Waals surface area (Å²) < 4.78 is 19.5. The van der Waals surface area contributed by atoms with Crippen molar-refractivity contribution in [3.63, 3.8) is 0 Å². The topological polar surface area (TPSA) is 83.7 Å². The van der Waals surface area contributed by atoms with Gasteiger partial charge in [0.15, 0.2) is 0 Å². The Morgan fingerprint density at radius 3 is 2.28 bits per heavy atom. The van der Waals surface area contributed by atoms with E-state index in [-0.39, 0.29) is 0 Å². The molecule has 7 heteroatoms. The molecule has 2 aromatic rings. The van der Waals surface area contributed by atoms with Gasteiger partial charge in [0.05, 0.1) is 6.61 Å². The number of methoxy groups -OCH3 is 2. The van der Waals surface area contributed by atoms with Crippen molar-refractivity contribution in [3.05, 3.63) is 54.5 Å². The van der Waals surface area contributed by atoms with E-state index in [0.717, 1.165) is 18.2 Å². The van der Waals surface area contributed by atoms with E-state index in [9.17, 15) is 4.79 Å². The number of aromatic nitrogens is 2. The Morgan fingerprint density at radius 2 is 1.72 bits per heavy atom. The van der Waals surface area contributed by atoms with E-state index in [1.54, 1.807) is 20.3 Å². The second-order valence-corrected chi connectivity index (χ2v) is 6.73. The van der Waals surface area contributed by atoms with Crippen LogP contribution >= 0.6 is 0 Å². The minimum Gasteiger partial charge on any atom is -0.460 e. The van der Waals surface area contributed by atoms with Crippen molar-refractivity contribution >= 4 is 12.0 Å². The molecule has 32 heavy (non-hydrogen) atoms. The minimum absolute atomic E-state index is 0.293. The lowest BCUT2D eigenvalue weighted by atomic mass is 10.1. The summed E-state index contributed by atoms with van der Waals surface area (Å²) in [6.07, 6.45) is 9.98. The van der Waals surface area contributed by atoms with Gasteiger partial charge in [0.2, 0.25) is 11.8 Å². The zero-order valence-electron chi connectivity index (χ0n) is 20.1. The van der Waals surface area contributed by atoms with Crippen molar-refractivity contribution in [1.29, 1.82) is 0 Å². The maximum absolute atomic E-state index is 10.3. The van der Waals surface area contributed by atoms with Crippen LogP contribution in [0.25, 0.3) is 17.5 Å². The molecule has 0 atom stereocenters. The second-order valence-electron chi connectivity index (χ2n) is 6.73. The predicted molar refractivity (Wildman–Crippen MR) is 128 cm³/mol. The summed E-state index contributed by atoms with van der Waals surface area (Å²) in [4.78, 5) is 10.3. The maximum atomic E-state index is 10.3. The molecule has 1 aromatic heterocycles. The summed E-state index contributed by atoms with van der Waals surface area (Å²) >= 11 is 0. The molecule has 0 aliphatic heterocycles. The quantitative estimate of drug-likeness (QED) is 0.250. The molecule has 0 N–H and O–H groups in total. The summed E-state index contributed by atoms with van der Waals surface area (Å²) in [5.74, 6) is 0.684. The molecule has 2 rings (SSSR count). The smallest absolute Gasteiger partial charge is 0.330 e. The Hall–Kier alpha value is -2.77. The first-order valence-electron chi connectivity index (χ1n) is 10.8. The van der Waals surface area contributed by atoms with Gasteiger partial charge in [-0.15, -0.1) is 10.2 Å². The minimum atomic E-state index is -0.410. The molecule has 0 aliphatic rings. The van der Waals surface area contributed by atoms with Crippen LogP contribution in [0.4, 0.5) is 0 Å². The summed E-state index contributed by atoms with van der Waals surface area (Å²) in [5.41, 5.74) is 2.16. The molecule has 0 aliphatic carbocycles. The maximum Gasteiger partial charge on any atom is 0.330 e. The lowest BCUT2D eigenvalue weighted by molar-refractivity contribution is -0.138. The molecule has 0 amide bonds. The van der Waals surface area contributed by atoms with Gasteiger partial charge in [0, 0.05) is 32.5 Å². The van der Waals surface area contributed by atoms with Crippen molar-refractivity contribution in [2.24, 2.45) is 0 Å². The van der Waals surface area contributed by atoms with Gasteiger partial charge < -0.3 is 18.6 Å². The van der Waals surface area contributed by atoms with E-state index in [1.807, 2.05) is 44.2 Å². The number of allylic oxidation sites excluding steroid dienone is 1. The fourth-order valence-corrected chi connectivity index (χ4v) is 2.21. The highest BCUT2D eigenvalue weighted by molar-refractivity contribution is 5.81. The van der Waals surface area contributed by atoms with Gasteiger partial charge in [0.25, 0.3) is 0 Å². The highest BCUT2D eigenvalue weighted by Crippen LogP contribution is 2.18. The van der Waals surface area contributed by atoms with Crippen LogP contribution in [0.5, 0.6) is 0 Å². The van der Waals surface area contributed by atoms with Crippen LogP contribution in [0.15, 0.2) is 47.4 Å². The SMILES string of the molecule is C/C=C/c1nnc(-c2ccc(C)cc2)o1.C=CC(=O)OCCOC.CCCCCCOC. The number of unbranched alkanes of at least 4 members (excludes halogenated alkanes) is 3. The first-order valence-corrected chi connectivity index (χ1v) is 10.8. The molecule has 0 saturated carbocycles. The Kier molecular flexibility index (Phi) is 18.4. The molecule has 0 radical (unpaired) electrons. The predicted octanol–water partition coefficient (Wildman–Crippen LogP) is 5.65. The van der Waals surface area contributed by atoms with Crippen molar-refractivity contribution in [2.45, 2.75) is 46.5 Å². The van der Waals surface area contributed by atoms with Gasteiger partial charge in [0.1, 0.15) is 6.61 Å². The highest BCUT2D eigenvalue weighted by Gasteiger charge is 2.05. The average Bonchev–Trinajstić information content (AvgIpc) is 3.27. The van der Waals surface area contributed by atoms with Crippen LogP contribution in [0.2, 0.25) is 0 Å². The largest absolute Gasteiger partial charge is 0.460 e. The highest BCUT2D eigenvalue weighted by atomic mass is 16.6. The van der Waals surface area contributed by atoms with Gasteiger partial charge >= 0.3 is 5.97 Å². The molecule has 0 fully saturated rings. The van der Waals surface area contributed by atoms with Crippen molar-refractivity contribution in [1.82, 2.24) is 10.2 Å². The lowest BCUT2D eigenvalue weighted by Crippen LogP contribution is -2.06. The molecule has 178 valence electrons. The Morgan fingerprint density at radius 1 is 1.03 bits per heavy atom. The van der Waals surface area contributed by atoms with Crippen LogP contribution in [-0.4, -0.2) is 50.2 Å². The van der Waals surface area contributed by atoms with E-state index < -0.39 is 5.97 Å². The monoisotopic (exact) mass is 446 g/mol. The van der Waals surface area contributed by atoms with Gasteiger partial charge in [-0.1, -0.05) is 56.5 Å². The Balaban J connectivity index is 0.000000490. The molecular formula is C25H38N2O5. The molecule has 0 spiro atoms. The fourth-order valence-electron chi connectivity index (χ4n) is 2.21. The number of aryl methyl sites for hydroxylation is 1. The van der Waals surface area contributed by atoms with Gasteiger partial charge in [-0.3, -0.25) is 0 Å². The molecule has 0 unspecified atom stereocenters. The first kappa shape index (κ1) is 29.2. The van der Waals surface area contributed by atoms with E-state index >= 15 is 0 Å². The molecule has 0 saturated heterocycles. The van der Waals surface area contributed by atoms with Crippen LogP contribution in [0.1, 0.15) is 51.0 Å². The van der Waals surface area contributed by atoms with E-state index in [1.165, 1.54) is 31.2 Å². The second kappa shape index (κ2) is 20.2. The number of carbonyl (C=O) groups is 1. The van der Waals surface area contributed by atoms with Crippen LogP contribution < -0.4 is 0 Å². The number of nitrogens with zero attached hydrogens (tertiary/aromatic N) is 2. The number of carbonyl (C=O) groups excluding carboxylic acids is 1. The molecular weight excluding hydrogens is 408 g/mol. The zero-order valence-corrected chi connectivity index (χ0v) is 20.1. The van der Waals surface area contributed by atoms with Crippen LogP contribution in [0, 0.1) is 6.92 Å². The number of rotatable bonds is 11. The van der Waals surface area contributed by atoms with Gasteiger partial charge in [-0.25, -0.2) is 4.79 Å².